The van der Waals surface area contributed by atoms with Crippen molar-refractivity contribution in [2.75, 3.05) is 19.0 Å². The first-order valence-corrected chi connectivity index (χ1v) is 11.6. The Labute approximate surface area is 192 Å². The van der Waals surface area contributed by atoms with E-state index in [-0.39, 0.29) is 12.5 Å². The first kappa shape index (κ1) is 22.2. The number of carbonyl (C=O) groups excluding carboxylic acids is 1. The summed E-state index contributed by atoms with van der Waals surface area (Å²) < 4.78 is 5.01. The van der Waals surface area contributed by atoms with Crippen molar-refractivity contribution in [1.82, 2.24) is 9.97 Å². The molecule has 3 aromatic rings. The maximum absolute atomic E-state index is 12.5. The van der Waals surface area contributed by atoms with Gasteiger partial charge in [0.15, 0.2) is 5.13 Å². The predicted octanol–water partition coefficient (Wildman–Crippen LogP) is 5.79. The first-order valence-electron chi connectivity index (χ1n) is 10.8. The lowest BCUT2D eigenvalue weighted by Gasteiger charge is -2.14. The van der Waals surface area contributed by atoms with Crippen LogP contribution in [0.3, 0.4) is 0 Å². The maximum Gasteiger partial charge on any atom is 0.341 e. The lowest BCUT2D eigenvalue weighted by molar-refractivity contribution is 0.0601. The number of aliphatic hydroxyl groups is 1. The molecule has 1 unspecified atom stereocenters. The third-order valence-electron chi connectivity index (χ3n) is 5.60. The molecular formula is C25H27N3O3S. The number of benzene rings is 1. The van der Waals surface area contributed by atoms with Gasteiger partial charge in [-0.15, -0.1) is 0 Å². The highest BCUT2D eigenvalue weighted by atomic mass is 32.1. The summed E-state index contributed by atoms with van der Waals surface area (Å²) in [5, 5.41) is 13.6. The minimum absolute atomic E-state index is 0.0287. The first-order chi connectivity index (χ1) is 15.6. The van der Waals surface area contributed by atoms with Crippen LogP contribution in [-0.4, -0.2) is 34.8 Å². The van der Waals surface area contributed by atoms with Gasteiger partial charge in [-0.3, -0.25) is 0 Å². The molecule has 2 aromatic heterocycles. The van der Waals surface area contributed by atoms with E-state index in [2.05, 4.69) is 16.4 Å². The van der Waals surface area contributed by atoms with Gasteiger partial charge in [-0.25, -0.2) is 14.8 Å². The zero-order chi connectivity index (χ0) is 22.5. The minimum Gasteiger partial charge on any atom is -0.465 e. The molecule has 0 fully saturated rings. The average molecular weight is 450 g/mol. The third-order valence-corrected chi connectivity index (χ3v) is 6.66. The van der Waals surface area contributed by atoms with E-state index in [1.54, 1.807) is 12.3 Å². The van der Waals surface area contributed by atoms with Crippen molar-refractivity contribution >= 4 is 33.8 Å². The number of methoxy groups -OCH3 is 1. The van der Waals surface area contributed by atoms with E-state index in [4.69, 9.17) is 9.72 Å². The van der Waals surface area contributed by atoms with E-state index in [0.717, 1.165) is 41.0 Å². The Morgan fingerprint density at radius 3 is 2.75 bits per heavy atom. The van der Waals surface area contributed by atoms with E-state index in [1.807, 2.05) is 37.3 Å². The Kier molecular flexibility index (Phi) is 6.97. The molecule has 0 bridgehead atoms. The van der Waals surface area contributed by atoms with Crippen LogP contribution >= 0.6 is 11.3 Å². The van der Waals surface area contributed by atoms with Crippen LogP contribution < -0.4 is 5.32 Å². The predicted molar refractivity (Wildman–Crippen MR) is 128 cm³/mol. The van der Waals surface area contributed by atoms with E-state index >= 15 is 0 Å². The zero-order valence-corrected chi connectivity index (χ0v) is 19.1. The fourth-order valence-electron chi connectivity index (χ4n) is 3.80. The molecule has 1 aliphatic rings. The van der Waals surface area contributed by atoms with Crippen molar-refractivity contribution in [2.24, 2.45) is 0 Å². The van der Waals surface area contributed by atoms with Gasteiger partial charge in [-0.1, -0.05) is 54.7 Å². The van der Waals surface area contributed by atoms with Crippen molar-refractivity contribution in [3.63, 3.8) is 0 Å². The summed E-state index contributed by atoms with van der Waals surface area (Å²) in [5.41, 5.74) is 4.32. The number of aromatic nitrogens is 2. The van der Waals surface area contributed by atoms with Crippen LogP contribution in [0.25, 0.3) is 16.7 Å². The summed E-state index contributed by atoms with van der Waals surface area (Å²) in [4.78, 5) is 22.9. The standard InChI is InChI=1S/C25H27N3O3S/c1-16(15-29)21-22(18-11-7-4-8-12-18)32-25(27-21)28-23-20(24(30)31-2)13-19(14-26-23)17-9-5-3-6-10-17/h3,5-6,9-11,13-14,16,29H,4,7-8,12,15H2,1-2H3,(H,26,27,28). The lowest BCUT2D eigenvalue weighted by Crippen LogP contribution is -2.08. The van der Waals surface area contributed by atoms with Crippen LogP contribution in [0.4, 0.5) is 10.9 Å². The normalized spacial score (nSPS) is 14.5. The molecule has 6 nitrogen and oxygen atoms in total. The molecule has 2 N–H and O–H groups in total. The quantitative estimate of drug-likeness (QED) is 0.444. The molecule has 1 aromatic carbocycles. The number of nitrogens with zero attached hydrogens (tertiary/aromatic N) is 2. The SMILES string of the molecule is COC(=O)c1cc(-c2ccccc2)cnc1Nc1nc(C(C)CO)c(C2=CCCCC2)s1. The molecule has 4 rings (SSSR count). The number of hydrogen-bond acceptors (Lipinski definition) is 7. The molecule has 1 atom stereocenters. The number of hydrogen-bond donors (Lipinski definition) is 2. The molecule has 0 saturated carbocycles. The highest BCUT2D eigenvalue weighted by Gasteiger charge is 2.22. The van der Waals surface area contributed by atoms with Gasteiger partial charge in [0.25, 0.3) is 0 Å². The molecule has 0 aliphatic heterocycles. The van der Waals surface area contributed by atoms with Gasteiger partial charge < -0.3 is 15.2 Å². The third kappa shape index (κ3) is 4.74. The van der Waals surface area contributed by atoms with E-state index in [0.29, 0.717) is 16.5 Å². The van der Waals surface area contributed by atoms with E-state index in [9.17, 15) is 9.90 Å². The van der Waals surface area contributed by atoms with Crippen LogP contribution in [-0.2, 0) is 4.74 Å². The van der Waals surface area contributed by atoms with Crippen molar-refractivity contribution in [2.45, 2.75) is 38.5 Å². The van der Waals surface area contributed by atoms with Crippen LogP contribution in [0.2, 0.25) is 0 Å². The van der Waals surface area contributed by atoms with Gasteiger partial charge in [0.2, 0.25) is 0 Å². The van der Waals surface area contributed by atoms with Crippen LogP contribution in [0, 0.1) is 0 Å². The minimum atomic E-state index is -0.464. The number of ether oxygens (including phenoxy) is 1. The van der Waals surface area contributed by atoms with E-state index < -0.39 is 5.97 Å². The smallest absolute Gasteiger partial charge is 0.341 e. The lowest BCUT2D eigenvalue weighted by atomic mass is 9.95. The molecule has 0 saturated heterocycles. The highest BCUT2D eigenvalue weighted by molar-refractivity contribution is 7.16. The van der Waals surface area contributed by atoms with Crippen LogP contribution in [0.1, 0.15) is 59.5 Å². The highest BCUT2D eigenvalue weighted by Crippen LogP contribution is 2.39. The number of aliphatic hydroxyl groups excluding tert-OH is 1. The topological polar surface area (TPSA) is 84.3 Å². The van der Waals surface area contributed by atoms with Crippen molar-refractivity contribution in [3.05, 3.63) is 64.8 Å². The largest absolute Gasteiger partial charge is 0.465 e. The van der Waals surface area contributed by atoms with Gasteiger partial charge in [0, 0.05) is 17.7 Å². The summed E-state index contributed by atoms with van der Waals surface area (Å²) >= 11 is 1.54. The summed E-state index contributed by atoms with van der Waals surface area (Å²) in [5.74, 6) is -0.140. The summed E-state index contributed by atoms with van der Waals surface area (Å²) in [6.07, 6.45) is 8.47. The molecule has 2 heterocycles. The van der Waals surface area contributed by atoms with Gasteiger partial charge in [0.05, 0.1) is 24.3 Å². The van der Waals surface area contributed by atoms with Crippen molar-refractivity contribution < 1.29 is 14.6 Å². The van der Waals surface area contributed by atoms with Gasteiger partial charge in [-0.05, 0) is 42.9 Å². The second kappa shape index (κ2) is 10.1. The fraction of sp³-hybridized carbons (Fsp3) is 0.320. The molecule has 32 heavy (non-hydrogen) atoms. The Bertz CT molecular complexity index is 1120. The summed E-state index contributed by atoms with van der Waals surface area (Å²) in [7, 11) is 1.36. The number of allylic oxidation sites excluding steroid dienone is 2. The Balaban J connectivity index is 1.71. The number of esters is 1. The number of rotatable bonds is 7. The second-order valence-corrected chi connectivity index (χ2v) is 8.89. The zero-order valence-electron chi connectivity index (χ0n) is 18.3. The molecular weight excluding hydrogens is 422 g/mol. The van der Waals surface area contributed by atoms with Crippen molar-refractivity contribution in [1.29, 1.82) is 0 Å². The Morgan fingerprint density at radius 2 is 2.06 bits per heavy atom. The molecule has 0 radical (unpaired) electrons. The van der Waals surface area contributed by atoms with Crippen LogP contribution in [0.5, 0.6) is 0 Å². The monoisotopic (exact) mass is 449 g/mol. The summed E-state index contributed by atoms with van der Waals surface area (Å²) in [6, 6.07) is 11.6. The van der Waals surface area contributed by atoms with Gasteiger partial charge >= 0.3 is 5.97 Å². The molecule has 166 valence electrons. The Hall–Kier alpha value is -3.03. The number of carbonyl (C=O) groups is 1. The van der Waals surface area contributed by atoms with Crippen LogP contribution in [0.15, 0.2) is 48.7 Å². The van der Waals surface area contributed by atoms with Gasteiger partial charge in [-0.2, -0.15) is 0 Å². The van der Waals surface area contributed by atoms with E-state index in [1.165, 1.54) is 30.4 Å². The number of nitrogens with one attached hydrogen (secondary N) is 1. The number of thiazole rings is 1. The molecule has 1 aliphatic carbocycles. The average Bonchev–Trinajstić information content (AvgIpc) is 3.28. The fourth-order valence-corrected chi connectivity index (χ4v) is 4.95. The maximum atomic E-state index is 12.5. The van der Waals surface area contributed by atoms with Crippen molar-refractivity contribution in [3.8, 4) is 11.1 Å². The Morgan fingerprint density at radius 1 is 1.25 bits per heavy atom. The van der Waals surface area contributed by atoms with Gasteiger partial charge in [0.1, 0.15) is 11.4 Å². The second-order valence-electron chi connectivity index (χ2n) is 7.89. The molecule has 0 spiro atoms. The molecule has 0 amide bonds. The number of anilines is 2. The summed E-state index contributed by atoms with van der Waals surface area (Å²) in [6.45, 7) is 2.00. The molecule has 7 heteroatoms. The number of pyridine rings is 1.